The Morgan fingerprint density at radius 3 is 2.88 bits per heavy atom. The normalized spacial score (nSPS) is 28.5. The van der Waals surface area contributed by atoms with Crippen LogP contribution in [0.5, 0.6) is 0 Å². The molecule has 1 saturated heterocycles. The van der Waals surface area contributed by atoms with Crippen LogP contribution in [0.25, 0.3) is 0 Å². The van der Waals surface area contributed by atoms with Crippen molar-refractivity contribution < 1.29 is 10.2 Å². The van der Waals surface area contributed by atoms with Crippen LogP contribution in [0.1, 0.15) is 17.4 Å². The van der Waals surface area contributed by atoms with E-state index < -0.39 is 17.4 Å². The number of thioether (sulfide) groups is 1. The lowest BCUT2D eigenvalue weighted by Gasteiger charge is -2.13. The van der Waals surface area contributed by atoms with Gasteiger partial charge in [0, 0.05) is 18.2 Å². The molecule has 0 aromatic carbocycles. The predicted molar refractivity (Wildman–Crippen MR) is 64.2 cm³/mol. The highest BCUT2D eigenvalue weighted by atomic mass is 32.2. The van der Waals surface area contributed by atoms with Gasteiger partial charge >= 0.3 is 5.69 Å². The number of nitrogens with one attached hydrogen (secondary N) is 1. The minimum absolute atomic E-state index is 0.126. The zero-order valence-corrected chi connectivity index (χ0v) is 10.1. The molecule has 6 nitrogen and oxygen atoms in total. The van der Waals surface area contributed by atoms with Crippen molar-refractivity contribution >= 4 is 11.8 Å². The van der Waals surface area contributed by atoms with Crippen molar-refractivity contribution in [3.05, 3.63) is 32.6 Å². The third kappa shape index (κ3) is 2.31. The molecule has 0 radical (unpaired) electrons. The first kappa shape index (κ1) is 12.4. The Morgan fingerprint density at radius 1 is 1.59 bits per heavy atom. The molecule has 0 amide bonds. The van der Waals surface area contributed by atoms with E-state index in [-0.39, 0.29) is 17.2 Å². The van der Waals surface area contributed by atoms with Crippen molar-refractivity contribution in [1.82, 2.24) is 9.55 Å². The molecule has 2 rings (SSSR count). The Labute approximate surface area is 101 Å². The van der Waals surface area contributed by atoms with E-state index in [0.29, 0.717) is 12.0 Å². The van der Waals surface area contributed by atoms with Gasteiger partial charge in [-0.2, -0.15) is 0 Å². The summed E-state index contributed by atoms with van der Waals surface area (Å²) in [6.45, 7) is 1.49. The van der Waals surface area contributed by atoms with Gasteiger partial charge in [-0.3, -0.25) is 14.3 Å². The molecule has 1 aliphatic heterocycles. The topological polar surface area (TPSA) is 95.3 Å². The minimum Gasteiger partial charge on any atom is -0.395 e. The van der Waals surface area contributed by atoms with E-state index in [1.165, 1.54) is 22.5 Å². The molecule has 0 aliphatic carbocycles. The number of aliphatic hydroxyl groups excluding tert-OH is 2. The van der Waals surface area contributed by atoms with Crippen LogP contribution in [0.15, 0.2) is 15.8 Å². The largest absolute Gasteiger partial charge is 0.395 e. The summed E-state index contributed by atoms with van der Waals surface area (Å²) >= 11 is 1.34. The van der Waals surface area contributed by atoms with Gasteiger partial charge in [0.05, 0.1) is 23.3 Å². The van der Waals surface area contributed by atoms with Gasteiger partial charge in [0.15, 0.2) is 0 Å². The third-order valence-electron chi connectivity index (χ3n) is 2.84. The number of aliphatic hydroxyl groups is 2. The Balaban J connectivity index is 2.34. The summed E-state index contributed by atoms with van der Waals surface area (Å²) in [6.07, 6.45) is 1.25. The van der Waals surface area contributed by atoms with Crippen LogP contribution >= 0.6 is 11.8 Å². The minimum atomic E-state index is -0.630. The average molecular weight is 258 g/mol. The van der Waals surface area contributed by atoms with E-state index in [0.717, 1.165) is 0 Å². The quantitative estimate of drug-likeness (QED) is 0.645. The summed E-state index contributed by atoms with van der Waals surface area (Å²) in [5.41, 5.74) is -0.426. The highest BCUT2D eigenvalue weighted by molar-refractivity contribution is 8.00. The summed E-state index contributed by atoms with van der Waals surface area (Å²) < 4.78 is 1.40. The van der Waals surface area contributed by atoms with E-state index in [4.69, 9.17) is 5.11 Å². The van der Waals surface area contributed by atoms with Crippen LogP contribution < -0.4 is 11.2 Å². The first-order valence-corrected chi connectivity index (χ1v) is 6.23. The zero-order valence-electron chi connectivity index (χ0n) is 9.29. The smallest absolute Gasteiger partial charge is 0.329 e. The van der Waals surface area contributed by atoms with Crippen molar-refractivity contribution in [2.45, 2.75) is 30.1 Å². The highest BCUT2D eigenvalue weighted by Crippen LogP contribution is 2.40. The summed E-state index contributed by atoms with van der Waals surface area (Å²) in [5.74, 6) is 0. The number of hydrogen-bond donors (Lipinski definition) is 3. The van der Waals surface area contributed by atoms with E-state index in [1.807, 2.05) is 0 Å². The van der Waals surface area contributed by atoms with Crippen molar-refractivity contribution in [1.29, 1.82) is 0 Å². The number of nitrogens with zero attached hydrogens (tertiary/aromatic N) is 1. The number of aromatic nitrogens is 2. The van der Waals surface area contributed by atoms with Gasteiger partial charge in [-0.15, -0.1) is 11.8 Å². The number of aryl methyl sites for hydroxylation is 1. The summed E-state index contributed by atoms with van der Waals surface area (Å²) in [7, 11) is 0. The molecule has 1 aliphatic rings. The van der Waals surface area contributed by atoms with Gasteiger partial charge < -0.3 is 10.2 Å². The molecular weight excluding hydrogens is 244 g/mol. The zero-order chi connectivity index (χ0) is 12.6. The predicted octanol–water partition coefficient (Wildman–Crippen LogP) is -0.798. The maximum atomic E-state index is 11.6. The van der Waals surface area contributed by atoms with E-state index in [9.17, 15) is 14.7 Å². The fraction of sp³-hybridized carbons (Fsp3) is 0.600. The molecule has 0 saturated carbocycles. The number of rotatable bonds is 2. The molecule has 17 heavy (non-hydrogen) atoms. The molecule has 0 spiro atoms. The van der Waals surface area contributed by atoms with Gasteiger partial charge in [-0.1, -0.05) is 0 Å². The van der Waals surface area contributed by atoms with Crippen LogP contribution in [0.3, 0.4) is 0 Å². The Morgan fingerprint density at radius 2 is 2.29 bits per heavy atom. The van der Waals surface area contributed by atoms with Crippen molar-refractivity contribution in [3.63, 3.8) is 0 Å². The van der Waals surface area contributed by atoms with Gasteiger partial charge in [-0.25, -0.2) is 4.79 Å². The molecule has 0 bridgehead atoms. The molecule has 2 unspecified atom stereocenters. The van der Waals surface area contributed by atoms with Crippen LogP contribution in [0.2, 0.25) is 0 Å². The molecule has 1 fully saturated rings. The molecule has 3 atom stereocenters. The number of hydrogen-bond acceptors (Lipinski definition) is 5. The van der Waals surface area contributed by atoms with Crippen LogP contribution in [0.4, 0.5) is 0 Å². The first-order chi connectivity index (χ1) is 8.02. The molecule has 7 heteroatoms. The fourth-order valence-corrected chi connectivity index (χ4v) is 3.23. The molecular formula is C10H14N2O4S. The van der Waals surface area contributed by atoms with Crippen molar-refractivity contribution in [2.24, 2.45) is 0 Å². The number of H-pyrrole nitrogens is 1. The van der Waals surface area contributed by atoms with Crippen molar-refractivity contribution in [3.8, 4) is 0 Å². The molecule has 2 heterocycles. The van der Waals surface area contributed by atoms with Gasteiger partial charge in [0.2, 0.25) is 0 Å². The van der Waals surface area contributed by atoms with Crippen LogP contribution in [0, 0.1) is 6.92 Å². The molecule has 94 valence electrons. The molecule has 1 aromatic rings. The van der Waals surface area contributed by atoms with Crippen LogP contribution in [-0.2, 0) is 0 Å². The Kier molecular flexibility index (Phi) is 3.41. The Hall–Kier alpha value is -1.05. The maximum Gasteiger partial charge on any atom is 0.329 e. The lowest BCUT2D eigenvalue weighted by atomic mass is 10.2. The van der Waals surface area contributed by atoms with E-state index in [2.05, 4.69) is 4.98 Å². The number of aromatic amines is 1. The standard InChI is InChI=1S/C10H14N2O4S/c1-5-3-12(10(16)11-9(5)15)8-2-6(14)7(4-13)17-8/h3,6-8,13-14H,2,4H2,1H3,(H,11,15,16)/t6?,7-,8?/m1/s1. The Bertz CT molecular complexity index is 524. The van der Waals surface area contributed by atoms with Gasteiger partial charge in [0.25, 0.3) is 5.56 Å². The van der Waals surface area contributed by atoms with Crippen molar-refractivity contribution in [2.75, 3.05) is 6.61 Å². The van der Waals surface area contributed by atoms with Crippen LogP contribution in [-0.4, -0.2) is 37.7 Å². The SMILES string of the molecule is Cc1cn(C2CC(O)[C@@H](CO)S2)c(=O)[nH]c1=O. The third-order valence-corrected chi connectivity index (χ3v) is 4.39. The lowest BCUT2D eigenvalue weighted by Crippen LogP contribution is -2.32. The second kappa shape index (κ2) is 4.67. The summed E-state index contributed by atoms with van der Waals surface area (Å²) in [5, 5.41) is 18.2. The average Bonchev–Trinajstić information content (AvgIpc) is 2.65. The lowest BCUT2D eigenvalue weighted by molar-refractivity contribution is 0.137. The van der Waals surface area contributed by atoms with Gasteiger partial charge in [-0.05, 0) is 6.92 Å². The summed E-state index contributed by atoms with van der Waals surface area (Å²) in [6, 6.07) is 0. The van der Waals surface area contributed by atoms with E-state index in [1.54, 1.807) is 6.92 Å². The second-order valence-corrected chi connectivity index (χ2v) is 5.52. The monoisotopic (exact) mass is 258 g/mol. The molecule has 3 N–H and O–H groups in total. The second-order valence-electron chi connectivity index (χ2n) is 4.09. The van der Waals surface area contributed by atoms with Gasteiger partial charge in [0.1, 0.15) is 0 Å². The summed E-state index contributed by atoms with van der Waals surface area (Å²) in [4.78, 5) is 25.1. The highest BCUT2D eigenvalue weighted by Gasteiger charge is 2.34. The molecule has 1 aromatic heterocycles. The maximum absolute atomic E-state index is 11.6. The first-order valence-electron chi connectivity index (χ1n) is 5.29. The van der Waals surface area contributed by atoms with E-state index >= 15 is 0 Å². The fourth-order valence-electron chi connectivity index (χ4n) is 1.85.